The first kappa shape index (κ1) is 26.5. The Bertz CT molecular complexity index is 1250. The highest BCUT2D eigenvalue weighted by Crippen LogP contribution is 2.46. The molecule has 1 amide bonds. The first-order chi connectivity index (χ1) is 17.9. The van der Waals surface area contributed by atoms with Gasteiger partial charge in [-0.1, -0.05) is 38.3 Å². The minimum Gasteiger partial charge on any atom is -0.507 e. The lowest BCUT2D eigenvalue weighted by Crippen LogP contribution is -2.32. The van der Waals surface area contributed by atoms with Gasteiger partial charge in [-0.3, -0.25) is 9.89 Å². The number of carbonyl (C=O) groups is 1. The highest BCUT2D eigenvalue weighted by Gasteiger charge is 2.42. The first-order valence-corrected chi connectivity index (χ1v) is 12.9. The molecule has 1 atom stereocenters. The molecule has 2 aromatic carbocycles. The Morgan fingerprint density at radius 3 is 2.59 bits per heavy atom. The fourth-order valence-electron chi connectivity index (χ4n) is 4.99. The van der Waals surface area contributed by atoms with Crippen molar-refractivity contribution < 1.29 is 24.1 Å². The summed E-state index contributed by atoms with van der Waals surface area (Å²) in [6.07, 6.45) is 4.49. The van der Waals surface area contributed by atoms with Crippen LogP contribution < -0.4 is 9.47 Å². The topological polar surface area (TPSA) is 96.9 Å². The average molecular weight is 508 g/mol. The van der Waals surface area contributed by atoms with E-state index < -0.39 is 6.04 Å². The van der Waals surface area contributed by atoms with Crippen LogP contribution in [0.1, 0.15) is 71.4 Å². The van der Waals surface area contributed by atoms with E-state index in [0.717, 1.165) is 35.1 Å². The van der Waals surface area contributed by atoms with E-state index in [2.05, 4.69) is 17.1 Å². The number of amides is 1. The van der Waals surface area contributed by atoms with Crippen molar-refractivity contribution in [3.63, 3.8) is 0 Å². The number of benzene rings is 2. The van der Waals surface area contributed by atoms with Crippen molar-refractivity contribution in [2.75, 3.05) is 34.0 Å². The number of rotatable bonds is 12. The molecule has 0 spiro atoms. The summed E-state index contributed by atoms with van der Waals surface area (Å²) in [5.74, 6) is 1.29. The third-order valence-corrected chi connectivity index (χ3v) is 6.86. The predicted molar refractivity (Wildman–Crippen MR) is 143 cm³/mol. The summed E-state index contributed by atoms with van der Waals surface area (Å²) in [5.41, 5.74) is 4.94. The molecule has 3 aromatic rings. The van der Waals surface area contributed by atoms with E-state index in [1.807, 2.05) is 44.2 Å². The van der Waals surface area contributed by atoms with Gasteiger partial charge in [0, 0.05) is 24.8 Å². The first-order valence-electron chi connectivity index (χ1n) is 12.9. The van der Waals surface area contributed by atoms with Crippen molar-refractivity contribution in [1.82, 2.24) is 15.1 Å². The van der Waals surface area contributed by atoms with Gasteiger partial charge < -0.3 is 24.2 Å². The van der Waals surface area contributed by atoms with Crippen molar-refractivity contribution in [1.29, 1.82) is 0 Å². The monoisotopic (exact) mass is 507 g/mol. The molecule has 0 bridgehead atoms. The summed E-state index contributed by atoms with van der Waals surface area (Å²) in [7, 11) is 3.23. The molecule has 1 unspecified atom stereocenters. The molecule has 8 nitrogen and oxygen atoms in total. The fourth-order valence-corrected chi connectivity index (χ4v) is 4.99. The number of ether oxygens (including phenoxy) is 3. The number of carbonyl (C=O) groups excluding carboxylic acids is 1. The molecule has 0 fully saturated rings. The molecular weight excluding hydrogens is 470 g/mol. The van der Waals surface area contributed by atoms with E-state index in [-0.39, 0.29) is 11.7 Å². The largest absolute Gasteiger partial charge is 0.507 e. The number of aromatic hydroxyl groups is 1. The van der Waals surface area contributed by atoms with Crippen LogP contribution in [0.15, 0.2) is 30.3 Å². The molecule has 2 N–H and O–H groups in total. The second-order valence-corrected chi connectivity index (χ2v) is 9.55. The number of nitrogens with one attached hydrogen (secondary N) is 1. The molecular formula is C29H37N3O5. The summed E-state index contributed by atoms with van der Waals surface area (Å²) < 4.78 is 17.0. The number of hydrogen-bond acceptors (Lipinski definition) is 6. The Labute approximate surface area is 218 Å². The number of phenols is 1. The highest BCUT2D eigenvalue weighted by molar-refractivity contribution is 6.00. The highest BCUT2D eigenvalue weighted by atomic mass is 16.5. The molecule has 0 radical (unpaired) electrons. The number of fused-ring (bicyclic) bond motifs is 1. The molecule has 2 heterocycles. The van der Waals surface area contributed by atoms with Gasteiger partial charge in [-0.15, -0.1) is 0 Å². The van der Waals surface area contributed by atoms with Crippen LogP contribution in [0.5, 0.6) is 17.2 Å². The number of methoxy groups -OCH3 is 2. The Balaban J connectivity index is 1.75. The van der Waals surface area contributed by atoms with Crippen molar-refractivity contribution in [2.24, 2.45) is 0 Å². The summed E-state index contributed by atoms with van der Waals surface area (Å²) in [4.78, 5) is 15.3. The van der Waals surface area contributed by atoms with Gasteiger partial charge in [0.2, 0.25) is 0 Å². The maximum atomic E-state index is 13.5. The number of aryl methyl sites for hydroxylation is 2. The van der Waals surface area contributed by atoms with E-state index in [4.69, 9.17) is 14.2 Å². The Kier molecular flexibility index (Phi) is 8.38. The van der Waals surface area contributed by atoms with Gasteiger partial charge in [-0.2, -0.15) is 5.10 Å². The number of hydrogen-bond donors (Lipinski definition) is 2. The van der Waals surface area contributed by atoms with Gasteiger partial charge in [0.05, 0.1) is 26.4 Å². The van der Waals surface area contributed by atoms with Crippen molar-refractivity contribution >= 4 is 5.91 Å². The van der Waals surface area contributed by atoms with Gasteiger partial charge in [0.15, 0.2) is 11.5 Å². The quantitative estimate of drug-likeness (QED) is 0.312. The lowest BCUT2D eigenvalue weighted by Gasteiger charge is -2.27. The number of unbranched alkanes of at least 4 members (excludes halogenated alkanes) is 3. The van der Waals surface area contributed by atoms with Crippen LogP contribution in [0.3, 0.4) is 0 Å². The Hall–Kier alpha value is -3.52. The molecule has 0 aliphatic carbocycles. The van der Waals surface area contributed by atoms with E-state index in [0.29, 0.717) is 48.2 Å². The predicted octanol–water partition coefficient (Wildman–Crippen LogP) is 5.56. The number of aromatic nitrogens is 2. The molecule has 1 aromatic heterocycles. The van der Waals surface area contributed by atoms with Crippen LogP contribution in [0.2, 0.25) is 0 Å². The van der Waals surface area contributed by atoms with Crippen LogP contribution in [0.25, 0.3) is 11.3 Å². The van der Waals surface area contributed by atoms with Gasteiger partial charge in [0.1, 0.15) is 17.1 Å². The van der Waals surface area contributed by atoms with Gasteiger partial charge in [-0.25, -0.2) is 0 Å². The van der Waals surface area contributed by atoms with E-state index in [1.165, 1.54) is 12.8 Å². The average Bonchev–Trinajstić information content (AvgIpc) is 3.43. The van der Waals surface area contributed by atoms with Crippen LogP contribution >= 0.6 is 0 Å². The lowest BCUT2D eigenvalue weighted by molar-refractivity contribution is 0.0677. The normalized spacial score (nSPS) is 14.8. The van der Waals surface area contributed by atoms with Crippen LogP contribution in [-0.4, -0.2) is 60.1 Å². The number of nitrogens with zero attached hydrogens (tertiary/aromatic N) is 2. The zero-order valence-electron chi connectivity index (χ0n) is 22.4. The summed E-state index contributed by atoms with van der Waals surface area (Å²) >= 11 is 0. The van der Waals surface area contributed by atoms with E-state index in [1.54, 1.807) is 19.1 Å². The molecule has 0 saturated heterocycles. The third-order valence-electron chi connectivity index (χ3n) is 6.86. The Morgan fingerprint density at radius 1 is 1.05 bits per heavy atom. The van der Waals surface area contributed by atoms with Gasteiger partial charge in [0.25, 0.3) is 5.91 Å². The van der Waals surface area contributed by atoms with Crippen LogP contribution in [-0.2, 0) is 4.74 Å². The molecule has 1 aliphatic rings. The summed E-state index contributed by atoms with van der Waals surface area (Å²) in [5, 5.41) is 18.3. The van der Waals surface area contributed by atoms with Crippen molar-refractivity contribution in [3.05, 3.63) is 58.3 Å². The standard InChI is InChI=1S/C29H37N3O5/c1-6-7-8-9-13-37-22-11-10-20(17-23(22)36-5)27-24-25(21-16-18(2)15-19(3)28(21)33)30-31-26(24)29(34)32(27)12-14-35-4/h10-11,15-17,27,33H,6-9,12-14H2,1-5H3,(H,30,31). The van der Waals surface area contributed by atoms with E-state index >= 15 is 0 Å². The minimum absolute atomic E-state index is 0.158. The third kappa shape index (κ3) is 5.30. The number of aromatic amines is 1. The SMILES string of the molecule is CCCCCCOc1ccc(C2c3c(-c4cc(C)cc(C)c4O)n[nH]c3C(=O)N2CCOC)cc1OC. The molecule has 198 valence electrons. The van der Waals surface area contributed by atoms with Crippen molar-refractivity contribution in [3.8, 4) is 28.5 Å². The van der Waals surface area contributed by atoms with Crippen LogP contribution in [0, 0.1) is 13.8 Å². The molecule has 0 saturated carbocycles. The zero-order valence-corrected chi connectivity index (χ0v) is 22.4. The maximum absolute atomic E-state index is 13.5. The molecule has 37 heavy (non-hydrogen) atoms. The minimum atomic E-state index is -0.431. The Morgan fingerprint density at radius 2 is 1.86 bits per heavy atom. The second-order valence-electron chi connectivity index (χ2n) is 9.55. The van der Waals surface area contributed by atoms with Crippen LogP contribution in [0.4, 0.5) is 0 Å². The number of phenolic OH excluding ortho intramolecular Hbond substituents is 1. The zero-order chi connectivity index (χ0) is 26.5. The molecule has 1 aliphatic heterocycles. The number of H-pyrrole nitrogens is 1. The molecule has 4 rings (SSSR count). The smallest absolute Gasteiger partial charge is 0.273 e. The second kappa shape index (κ2) is 11.7. The molecule has 8 heteroatoms. The lowest BCUT2D eigenvalue weighted by atomic mass is 9.94. The van der Waals surface area contributed by atoms with Gasteiger partial charge >= 0.3 is 0 Å². The summed E-state index contributed by atoms with van der Waals surface area (Å²) in [6, 6.07) is 9.18. The van der Waals surface area contributed by atoms with Crippen molar-refractivity contribution in [2.45, 2.75) is 52.5 Å². The summed E-state index contributed by atoms with van der Waals surface area (Å²) in [6.45, 7) is 7.43. The van der Waals surface area contributed by atoms with E-state index in [9.17, 15) is 9.90 Å². The van der Waals surface area contributed by atoms with Gasteiger partial charge in [-0.05, 0) is 55.2 Å². The maximum Gasteiger partial charge on any atom is 0.273 e. The fraction of sp³-hybridized carbons (Fsp3) is 0.448.